The van der Waals surface area contributed by atoms with Gasteiger partial charge in [0, 0.05) is 56.9 Å². The molecule has 3 amide bonds. The van der Waals surface area contributed by atoms with Crippen molar-refractivity contribution in [2.24, 2.45) is 0 Å². The second kappa shape index (κ2) is 13.7. The van der Waals surface area contributed by atoms with E-state index >= 15 is 0 Å². The molecule has 0 unspecified atom stereocenters. The maximum absolute atomic E-state index is 13.4. The van der Waals surface area contributed by atoms with Gasteiger partial charge in [-0.2, -0.15) is 5.26 Å². The predicted octanol–water partition coefficient (Wildman–Crippen LogP) is 3.70. The van der Waals surface area contributed by atoms with E-state index in [4.69, 9.17) is 10.00 Å². The van der Waals surface area contributed by atoms with Crippen LogP contribution in [0.5, 0.6) is 0 Å². The summed E-state index contributed by atoms with van der Waals surface area (Å²) in [6.07, 6.45) is 0.268. The smallest absolute Gasteiger partial charge is 0.412 e. The van der Waals surface area contributed by atoms with Gasteiger partial charge in [0.1, 0.15) is 6.61 Å². The van der Waals surface area contributed by atoms with E-state index in [0.717, 1.165) is 30.8 Å². The largest absolute Gasteiger partial charge is 0.444 e. The highest BCUT2D eigenvalue weighted by Crippen LogP contribution is 2.30. The highest BCUT2D eigenvalue weighted by molar-refractivity contribution is 5.99. The van der Waals surface area contributed by atoms with Crippen LogP contribution in [0, 0.1) is 11.3 Å². The van der Waals surface area contributed by atoms with Crippen molar-refractivity contribution in [1.82, 2.24) is 15.1 Å². The Morgan fingerprint density at radius 3 is 2.24 bits per heavy atom. The fraction of sp³-hybridized carbons (Fsp3) is 0.312. The van der Waals surface area contributed by atoms with Crippen molar-refractivity contribution >= 4 is 29.3 Å². The Kier molecular flexibility index (Phi) is 9.31. The number of nitrogens with one attached hydrogen (secondary N) is 2. The summed E-state index contributed by atoms with van der Waals surface area (Å²) in [6, 6.07) is 23.5. The van der Waals surface area contributed by atoms with Gasteiger partial charge < -0.3 is 24.8 Å². The molecule has 2 saturated heterocycles. The van der Waals surface area contributed by atoms with Gasteiger partial charge in [-0.05, 0) is 61.0 Å². The molecule has 3 aromatic rings. The quantitative estimate of drug-likeness (QED) is 0.467. The minimum Gasteiger partial charge on any atom is -0.444 e. The van der Waals surface area contributed by atoms with E-state index < -0.39 is 6.09 Å². The number of carbonyl (C=O) groups is 3. The second-order valence-corrected chi connectivity index (χ2v) is 10.3. The first-order valence-electron chi connectivity index (χ1n) is 14.2. The Bertz CT molecular complexity index is 1440. The van der Waals surface area contributed by atoms with Crippen LogP contribution in [-0.2, 0) is 11.3 Å². The topological polar surface area (TPSA) is 118 Å². The number of hydrogen-bond donors (Lipinski definition) is 2. The predicted molar refractivity (Wildman–Crippen MR) is 159 cm³/mol. The normalized spacial score (nSPS) is 15.4. The zero-order valence-corrected chi connectivity index (χ0v) is 23.4. The van der Waals surface area contributed by atoms with Crippen molar-refractivity contribution in [2.75, 3.05) is 62.6 Å². The summed E-state index contributed by atoms with van der Waals surface area (Å²) in [5.41, 5.74) is 3.65. The van der Waals surface area contributed by atoms with Crippen LogP contribution in [0.4, 0.5) is 16.2 Å². The SMILES string of the molecule is N#Cc1ccc(C(=O)N2CCN(c3ccc(C(=O)N4CCCNCC4)cc3NC(=O)OCc3ccccc3)CC2)cc1. The highest BCUT2D eigenvalue weighted by atomic mass is 16.5. The second-order valence-electron chi connectivity index (χ2n) is 10.3. The number of carbonyl (C=O) groups excluding carboxylic acids is 3. The first-order chi connectivity index (χ1) is 20.5. The number of amides is 3. The number of rotatable bonds is 6. The highest BCUT2D eigenvalue weighted by Gasteiger charge is 2.26. The maximum atomic E-state index is 13.4. The number of nitrogens with zero attached hydrogens (tertiary/aromatic N) is 4. The van der Waals surface area contributed by atoms with E-state index in [-0.39, 0.29) is 18.4 Å². The average molecular weight is 567 g/mol. The fourth-order valence-electron chi connectivity index (χ4n) is 5.17. The molecule has 3 aromatic carbocycles. The molecule has 2 N–H and O–H groups in total. The lowest BCUT2D eigenvalue weighted by Gasteiger charge is -2.37. The molecule has 10 nitrogen and oxygen atoms in total. The Morgan fingerprint density at radius 1 is 0.810 bits per heavy atom. The zero-order chi connectivity index (χ0) is 29.3. The molecule has 0 spiro atoms. The first kappa shape index (κ1) is 28.6. The molecule has 2 aliphatic rings. The number of ether oxygens (including phenoxy) is 1. The molecule has 2 heterocycles. The lowest BCUT2D eigenvalue weighted by Crippen LogP contribution is -2.49. The summed E-state index contributed by atoms with van der Waals surface area (Å²) >= 11 is 0. The number of hydrogen-bond acceptors (Lipinski definition) is 7. The molecule has 0 bridgehead atoms. The molecule has 5 rings (SSSR count). The minimum atomic E-state index is -0.613. The van der Waals surface area contributed by atoms with Crippen LogP contribution < -0.4 is 15.5 Å². The summed E-state index contributed by atoms with van der Waals surface area (Å²) in [7, 11) is 0. The third-order valence-electron chi connectivity index (χ3n) is 7.49. The lowest BCUT2D eigenvalue weighted by molar-refractivity contribution is 0.0743. The monoisotopic (exact) mass is 566 g/mol. The molecule has 42 heavy (non-hydrogen) atoms. The number of nitriles is 1. The first-order valence-corrected chi connectivity index (χ1v) is 14.2. The van der Waals surface area contributed by atoms with Gasteiger partial charge in [-0.25, -0.2) is 4.79 Å². The van der Waals surface area contributed by atoms with Crippen LogP contribution in [0.25, 0.3) is 0 Å². The van der Waals surface area contributed by atoms with E-state index in [0.29, 0.717) is 61.6 Å². The molecule has 2 aliphatic heterocycles. The number of benzene rings is 3. The van der Waals surface area contributed by atoms with Crippen LogP contribution in [0.15, 0.2) is 72.8 Å². The van der Waals surface area contributed by atoms with E-state index in [2.05, 4.69) is 21.6 Å². The van der Waals surface area contributed by atoms with E-state index in [1.165, 1.54) is 0 Å². The van der Waals surface area contributed by atoms with Crippen LogP contribution in [0.2, 0.25) is 0 Å². The average Bonchev–Trinajstić information content (AvgIpc) is 3.34. The van der Waals surface area contributed by atoms with Crippen LogP contribution in [-0.4, -0.2) is 80.1 Å². The molecular formula is C32H34N6O4. The molecule has 2 fully saturated rings. The Hall–Kier alpha value is -4.88. The van der Waals surface area contributed by atoms with Gasteiger partial charge in [0.05, 0.1) is 23.0 Å². The van der Waals surface area contributed by atoms with Gasteiger partial charge >= 0.3 is 6.09 Å². The molecule has 0 saturated carbocycles. The molecule has 0 aliphatic carbocycles. The van der Waals surface area contributed by atoms with Crippen molar-refractivity contribution < 1.29 is 19.1 Å². The molecule has 216 valence electrons. The Labute approximate surface area is 245 Å². The minimum absolute atomic E-state index is 0.0798. The Balaban J connectivity index is 1.31. The standard InChI is InChI=1S/C32H34N6O4/c33-22-24-7-9-26(10-8-24)30(39)38-19-17-36(18-20-38)29-12-11-27(31(40)37-15-4-13-34-14-16-37)21-28(29)35-32(41)42-23-25-5-2-1-3-6-25/h1-3,5-12,21,34H,4,13-20,23H2,(H,35,41). The van der Waals surface area contributed by atoms with Gasteiger partial charge in [0.15, 0.2) is 0 Å². The van der Waals surface area contributed by atoms with Gasteiger partial charge in [0.2, 0.25) is 0 Å². The zero-order valence-electron chi connectivity index (χ0n) is 23.4. The van der Waals surface area contributed by atoms with Crippen molar-refractivity contribution in [2.45, 2.75) is 13.0 Å². The Morgan fingerprint density at radius 2 is 1.50 bits per heavy atom. The van der Waals surface area contributed by atoms with Gasteiger partial charge in [-0.15, -0.1) is 0 Å². The third kappa shape index (κ3) is 7.06. The molecule has 10 heteroatoms. The summed E-state index contributed by atoms with van der Waals surface area (Å²) in [4.78, 5) is 45.0. The van der Waals surface area contributed by atoms with Crippen molar-refractivity contribution in [1.29, 1.82) is 5.26 Å². The summed E-state index contributed by atoms with van der Waals surface area (Å²) in [5, 5.41) is 15.2. The number of anilines is 2. The number of piperazine rings is 1. The third-order valence-corrected chi connectivity index (χ3v) is 7.49. The lowest BCUT2D eigenvalue weighted by atomic mass is 10.1. The summed E-state index contributed by atoms with van der Waals surface area (Å²) in [5.74, 6) is -0.168. The molecule has 0 atom stereocenters. The van der Waals surface area contributed by atoms with Gasteiger partial charge in [0.25, 0.3) is 11.8 Å². The fourth-order valence-corrected chi connectivity index (χ4v) is 5.17. The van der Waals surface area contributed by atoms with Gasteiger partial charge in [-0.1, -0.05) is 30.3 Å². The van der Waals surface area contributed by atoms with E-state index in [1.807, 2.05) is 41.3 Å². The molecular weight excluding hydrogens is 532 g/mol. The van der Waals surface area contributed by atoms with Crippen LogP contribution in [0.3, 0.4) is 0 Å². The van der Waals surface area contributed by atoms with E-state index in [9.17, 15) is 14.4 Å². The van der Waals surface area contributed by atoms with Crippen molar-refractivity contribution in [3.8, 4) is 6.07 Å². The molecule has 0 radical (unpaired) electrons. The van der Waals surface area contributed by atoms with Crippen LogP contribution >= 0.6 is 0 Å². The molecule has 0 aromatic heterocycles. The van der Waals surface area contributed by atoms with E-state index in [1.54, 1.807) is 41.3 Å². The maximum Gasteiger partial charge on any atom is 0.412 e. The summed E-state index contributed by atoms with van der Waals surface area (Å²) in [6.45, 7) is 5.09. The van der Waals surface area contributed by atoms with Gasteiger partial charge in [-0.3, -0.25) is 14.9 Å². The van der Waals surface area contributed by atoms with Crippen molar-refractivity contribution in [3.63, 3.8) is 0 Å². The van der Waals surface area contributed by atoms with Crippen LogP contribution in [0.1, 0.15) is 38.3 Å². The summed E-state index contributed by atoms with van der Waals surface area (Å²) < 4.78 is 5.48. The van der Waals surface area contributed by atoms with Crippen molar-refractivity contribution in [3.05, 3.63) is 95.1 Å².